The first-order chi connectivity index (χ1) is 17.7. The first-order valence-corrected chi connectivity index (χ1v) is 12.3. The Bertz CT molecular complexity index is 1240. The van der Waals surface area contributed by atoms with Crippen molar-refractivity contribution < 1.29 is 9.59 Å². The molecule has 0 aromatic heterocycles. The molecule has 1 saturated heterocycles. The van der Waals surface area contributed by atoms with Gasteiger partial charge < -0.3 is 10.2 Å². The largest absolute Gasteiger partial charge is 0.336 e. The topological polar surface area (TPSA) is 52.7 Å². The number of carbonyl (C=O) groups excluding carboxylic acids is 2. The minimum atomic E-state index is -0.169. The predicted octanol–water partition coefficient (Wildman–Crippen LogP) is 5.49. The van der Waals surface area contributed by atoms with Crippen LogP contribution in [0.2, 0.25) is 0 Å². The molecule has 4 aromatic rings. The van der Waals surface area contributed by atoms with E-state index >= 15 is 0 Å². The summed E-state index contributed by atoms with van der Waals surface area (Å²) in [6.45, 7) is 2.93. The zero-order valence-electron chi connectivity index (χ0n) is 20.1. The Labute approximate surface area is 212 Å². The van der Waals surface area contributed by atoms with Gasteiger partial charge in [0, 0.05) is 43.0 Å². The van der Waals surface area contributed by atoms with Crippen molar-refractivity contribution in [3.05, 3.63) is 138 Å². The molecular formula is C31H29N3O2. The number of piperazine rings is 1. The third kappa shape index (κ3) is 5.37. The molecule has 0 spiro atoms. The highest BCUT2D eigenvalue weighted by molar-refractivity contribution is 6.04. The van der Waals surface area contributed by atoms with Crippen LogP contribution < -0.4 is 5.32 Å². The van der Waals surface area contributed by atoms with Crippen LogP contribution in [-0.2, 0) is 0 Å². The van der Waals surface area contributed by atoms with E-state index in [4.69, 9.17) is 0 Å². The van der Waals surface area contributed by atoms with Gasteiger partial charge >= 0.3 is 0 Å². The Balaban J connectivity index is 1.22. The van der Waals surface area contributed by atoms with Gasteiger partial charge in [0.25, 0.3) is 11.8 Å². The van der Waals surface area contributed by atoms with Gasteiger partial charge in [-0.05, 0) is 47.5 Å². The van der Waals surface area contributed by atoms with Gasteiger partial charge in [0.1, 0.15) is 0 Å². The molecule has 2 amide bonds. The zero-order chi connectivity index (χ0) is 24.7. The van der Waals surface area contributed by atoms with Crippen LogP contribution in [0.4, 0.5) is 5.69 Å². The fraction of sp³-hybridized carbons (Fsp3) is 0.161. The summed E-state index contributed by atoms with van der Waals surface area (Å²) in [5.74, 6) is -0.149. The number of rotatable bonds is 6. The van der Waals surface area contributed by atoms with E-state index in [1.54, 1.807) is 36.4 Å². The van der Waals surface area contributed by atoms with Gasteiger partial charge in [0.15, 0.2) is 0 Å². The van der Waals surface area contributed by atoms with E-state index in [1.807, 2.05) is 35.2 Å². The summed E-state index contributed by atoms with van der Waals surface area (Å²) < 4.78 is 0. The molecular weight excluding hydrogens is 446 g/mol. The van der Waals surface area contributed by atoms with Crippen molar-refractivity contribution in [3.8, 4) is 0 Å². The summed E-state index contributed by atoms with van der Waals surface area (Å²) in [7, 11) is 0. The van der Waals surface area contributed by atoms with Gasteiger partial charge in [0.2, 0.25) is 0 Å². The lowest BCUT2D eigenvalue weighted by molar-refractivity contribution is 0.0597. The van der Waals surface area contributed by atoms with E-state index in [-0.39, 0.29) is 17.9 Å². The molecule has 1 N–H and O–H groups in total. The molecule has 1 heterocycles. The average molecular weight is 476 g/mol. The molecule has 5 rings (SSSR count). The first kappa shape index (κ1) is 23.5. The summed E-state index contributed by atoms with van der Waals surface area (Å²) in [5, 5.41) is 2.88. The van der Waals surface area contributed by atoms with Gasteiger partial charge in [-0.15, -0.1) is 0 Å². The highest BCUT2D eigenvalue weighted by Crippen LogP contribution is 2.29. The summed E-state index contributed by atoms with van der Waals surface area (Å²) in [5.41, 5.74) is 4.41. The number of anilines is 1. The third-order valence-electron chi connectivity index (χ3n) is 6.62. The number of nitrogens with zero attached hydrogens (tertiary/aromatic N) is 2. The number of carbonyl (C=O) groups is 2. The fourth-order valence-electron chi connectivity index (χ4n) is 4.74. The molecule has 5 nitrogen and oxygen atoms in total. The summed E-state index contributed by atoms with van der Waals surface area (Å²) in [4.78, 5) is 29.9. The van der Waals surface area contributed by atoms with Gasteiger partial charge in [-0.1, -0.05) is 78.9 Å². The lowest BCUT2D eigenvalue weighted by Gasteiger charge is -2.39. The summed E-state index contributed by atoms with van der Waals surface area (Å²) >= 11 is 0. The van der Waals surface area contributed by atoms with E-state index in [0.717, 1.165) is 13.1 Å². The van der Waals surface area contributed by atoms with Crippen LogP contribution in [0.25, 0.3) is 0 Å². The molecule has 1 aliphatic heterocycles. The Hall–Kier alpha value is -4.22. The number of hydrogen-bond acceptors (Lipinski definition) is 3. The van der Waals surface area contributed by atoms with Crippen LogP contribution in [-0.4, -0.2) is 47.8 Å². The maximum atomic E-state index is 13.2. The molecule has 4 aromatic carbocycles. The number of nitrogens with one attached hydrogen (secondary N) is 1. The molecule has 0 atom stereocenters. The second kappa shape index (κ2) is 11.0. The Morgan fingerprint density at radius 2 is 1.08 bits per heavy atom. The quantitative estimate of drug-likeness (QED) is 0.401. The third-order valence-corrected chi connectivity index (χ3v) is 6.62. The van der Waals surface area contributed by atoms with Crippen LogP contribution in [0.5, 0.6) is 0 Å². The molecule has 0 unspecified atom stereocenters. The monoisotopic (exact) mass is 475 g/mol. The smallest absolute Gasteiger partial charge is 0.255 e. The fourth-order valence-corrected chi connectivity index (χ4v) is 4.74. The molecule has 0 aliphatic carbocycles. The maximum Gasteiger partial charge on any atom is 0.255 e. The highest BCUT2D eigenvalue weighted by atomic mass is 16.2. The Morgan fingerprint density at radius 3 is 1.61 bits per heavy atom. The van der Waals surface area contributed by atoms with Crippen LogP contribution >= 0.6 is 0 Å². The normalized spacial score (nSPS) is 14.0. The zero-order valence-corrected chi connectivity index (χ0v) is 20.1. The van der Waals surface area contributed by atoms with Crippen molar-refractivity contribution in [2.24, 2.45) is 0 Å². The molecule has 0 saturated carbocycles. The standard InChI is InChI=1S/C31H29N3O2/c35-30(26-14-8-3-9-15-26)32-28-18-16-27(17-19-28)31(36)34-22-20-33(21-23-34)29(24-10-4-1-5-11-24)25-12-6-2-7-13-25/h1-19,29H,20-23H2,(H,32,35). The van der Waals surface area contributed by atoms with Crippen molar-refractivity contribution in [2.45, 2.75) is 6.04 Å². The van der Waals surface area contributed by atoms with E-state index in [2.05, 4.69) is 58.7 Å². The van der Waals surface area contributed by atoms with E-state index in [1.165, 1.54) is 11.1 Å². The minimum Gasteiger partial charge on any atom is -0.336 e. The first-order valence-electron chi connectivity index (χ1n) is 12.3. The van der Waals surface area contributed by atoms with Gasteiger partial charge in [-0.2, -0.15) is 0 Å². The lowest BCUT2D eigenvalue weighted by Crippen LogP contribution is -2.49. The predicted molar refractivity (Wildman–Crippen MR) is 143 cm³/mol. The van der Waals surface area contributed by atoms with Crippen LogP contribution in [0.15, 0.2) is 115 Å². The maximum absolute atomic E-state index is 13.2. The molecule has 5 heteroatoms. The average Bonchev–Trinajstić information content (AvgIpc) is 2.95. The lowest BCUT2D eigenvalue weighted by atomic mass is 9.96. The second-order valence-corrected chi connectivity index (χ2v) is 8.95. The SMILES string of the molecule is O=C(Nc1ccc(C(=O)N2CCN(C(c3ccccc3)c3ccccc3)CC2)cc1)c1ccccc1. The van der Waals surface area contributed by atoms with Crippen LogP contribution in [0.1, 0.15) is 37.9 Å². The van der Waals surface area contributed by atoms with Crippen LogP contribution in [0.3, 0.4) is 0 Å². The Kier molecular flexibility index (Phi) is 7.20. The summed E-state index contributed by atoms with van der Waals surface area (Å²) in [6, 6.07) is 37.5. The van der Waals surface area contributed by atoms with Crippen molar-refractivity contribution in [3.63, 3.8) is 0 Å². The summed E-state index contributed by atoms with van der Waals surface area (Å²) in [6.07, 6.45) is 0. The molecule has 180 valence electrons. The molecule has 1 fully saturated rings. The molecule has 0 bridgehead atoms. The van der Waals surface area contributed by atoms with Gasteiger partial charge in [-0.25, -0.2) is 0 Å². The van der Waals surface area contributed by atoms with Crippen molar-refractivity contribution in [1.29, 1.82) is 0 Å². The van der Waals surface area contributed by atoms with Crippen molar-refractivity contribution in [1.82, 2.24) is 9.80 Å². The van der Waals surface area contributed by atoms with Crippen LogP contribution in [0, 0.1) is 0 Å². The van der Waals surface area contributed by atoms with E-state index in [0.29, 0.717) is 29.9 Å². The van der Waals surface area contributed by atoms with Crippen molar-refractivity contribution in [2.75, 3.05) is 31.5 Å². The number of amides is 2. The molecule has 1 aliphatic rings. The second-order valence-electron chi connectivity index (χ2n) is 8.95. The Morgan fingerprint density at radius 1 is 0.583 bits per heavy atom. The minimum absolute atomic E-state index is 0.0200. The van der Waals surface area contributed by atoms with Crippen molar-refractivity contribution >= 4 is 17.5 Å². The molecule has 36 heavy (non-hydrogen) atoms. The number of benzene rings is 4. The number of hydrogen-bond donors (Lipinski definition) is 1. The van der Waals surface area contributed by atoms with Gasteiger partial charge in [0.05, 0.1) is 6.04 Å². The van der Waals surface area contributed by atoms with E-state index < -0.39 is 0 Å². The van der Waals surface area contributed by atoms with E-state index in [9.17, 15) is 9.59 Å². The highest BCUT2D eigenvalue weighted by Gasteiger charge is 2.28. The molecule has 0 radical (unpaired) electrons. The van der Waals surface area contributed by atoms with Gasteiger partial charge in [-0.3, -0.25) is 14.5 Å².